The molecule has 3 aromatic rings. The summed E-state index contributed by atoms with van der Waals surface area (Å²) in [6.45, 7) is 0. The molecule has 1 unspecified atom stereocenters. The smallest absolute Gasteiger partial charge is 0.404 e. The van der Waals surface area contributed by atoms with Gasteiger partial charge < -0.3 is 14.6 Å². The lowest BCUT2D eigenvalue weighted by Crippen LogP contribution is -2.25. The average molecular weight is 473 g/mol. The number of benzene rings is 1. The molecule has 2 heterocycles. The Bertz CT molecular complexity index is 1170. The highest BCUT2D eigenvalue weighted by atomic mass is 32.2. The van der Waals surface area contributed by atoms with E-state index in [-0.39, 0.29) is 17.0 Å². The highest BCUT2D eigenvalue weighted by Crippen LogP contribution is 2.32. The van der Waals surface area contributed by atoms with Crippen molar-refractivity contribution in [3.8, 4) is 17.0 Å². The molecule has 1 aromatic carbocycles. The van der Waals surface area contributed by atoms with Crippen molar-refractivity contribution in [2.75, 3.05) is 18.7 Å². The molecule has 0 bridgehead atoms. The van der Waals surface area contributed by atoms with E-state index in [4.69, 9.17) is 0 Å². The number of nitrogens with zero attached hydrogens (tertiary/aromatic N) is 4. The summed E-state index contributed by atoms with van der Waals surface area (Å²) < 4.78 is 69.1. The molecular weight excluding hydrogens is 454 g/mol. The number of rotatable bonds is 7. The third-order valence-electron chi connectivity index (χ3n) is 4.17. The van der Waals surface area contributed by atoms with E-state index in [1.165, 1.54) is 29.6 Å². The Morgan fingerprint density at radius 1 is 1.23 bits per heavy atom. The monoisotopic (exact) mass is 473 g/mol. The molecule has 1 atom stereocenters. The molecule has 0 saturated carbocycles. The molecule has 3 rings (SSSR count). The predicted molar refractivity (Wildman–Crippen MR) is 112 cm³/mol. The number of hydrogen-bond donors (Lipinski definition) is 1. The number of alkyl halides is 3. The Hall–Kier alpha value is -2.69. The second-order valence-corrected chi connectivity index (χ2v) is 8.88. The van der Waals surface area contributed by atoms with Crippen LogP contribution in [-0.2, 0) is 17.1 Å². The normalized spacial score (nSPS) is 12.2. The zero-order valence-electron chi connectivity index (χ0n) is 16.5. The van der Waals surface area contributed by atoms with Crippen LogP contribution in [0, 0.1) is 0 Å². The highest BCUT2D eigenvalue weighted by molar-refractivity contribution is 7.89. The van der Waals surface area contributed by atoms with Crippen LogP contribution in [0.1, 0.15) is 0 Å². The molecule has 0 saturated heterocycles. The van der Waals surface area contributed by atoms with Crippen molar-refractivity contribution >= 4 is 30.8 Å². The maximum Gasteiger partial charge on any atom is 0.573 e. The van der Waals surface area contributed by atoms with E-state index in [9.17, 15) is 21.6 Å². The summed E-state index contributed by atoms with van der Waals surface area (Å²) in [5.41, 5.74) is 1.46. The van der Waals surface area contributed by atoms with Gasteiger partial charge in [0.25, 0.3) is 0 Å². The molecule has 0 radical (unpaired) electrons. The van der Waals surface area contributed by atoms with Gasteiger partial charge in [-0.1, -0.05) is 0 Å². The molecule has 8 nitrogen and oxygen atoms in total. The minimum atomic E-state index is -4.81. The van der Waals surface area contributed by atoms with E-state index >= 15 is 0 Å². The van der Waals surface area contributed by atoms with Crippen LogP contribution in [-0.4, -0.2) is 47.0 Å². The van der Waals surface area contributed by atoms with Crippen LogP contribution in [0.25, 0.3) is 11.3 Å². The Kier molecular flexibility index (Phi) is 6.54. The van der Waals surface area contributed by atoms with Gasteiger partial charge in [-0.3, -0.25) is 0 Å². The second-order valence-electron chi connectivity index (χ2n) is 6.47. The number of aryl methyl sites for hydroxylation is 1. The molecule has 0 aliphatic carbocycles. The minimum absolute atomic E-state index is 0.0746. The Morgan fingerprint density at radius 2 is 1.97 bits per heavy atom. The van der Waals surface area contributed by atoms with Crippen LogP contribution in [0.4, 0.5) is 24.7 Å². The summed E-state index contributed by atoms with van der Waals surface area (Å²) in [6.07, 6.45) is -0.380. The number of ether oxygens (including phenoxy) is 1. The molecule has 31 heavy (non-hydrogen) atoms. The van der Waals surface area contributed by atoms with Gasteiger partial charge in [-0.05, 0) is 30.3 Å². The lowest BCUT2D eigenvalue weighted by Gasteiger charge is -2.17. The van der Waals surface area contributed by atoms with Crippen LogP contribution in [0.5, 0.6) is 5.75 Å². The Morgan fingerprint density at radius 3 is 2.52 bits per heavy atom. The molecule has 166 valence electrons. The summed E-state index contributed by atoms with van der Waals surface area (Å²) in [5, 5.41) is 2.98. The lowest BCUT2D eigenvalue weighted by atomic mass is 10.1. The first-order valence-electron chi connectivity index (χ1n) is 8.77. The first kappa shape index (κ1) is 23.0. The number of imidazole rings is 1. The van der Waals surface area contributed by atoms with Gasteiger partial charge in [-0.25, -0.2) is 18.4 Å². The van der Waals surface area contributed by atoms with Gasteiger partial charge in [0.05, 0.1) is 23.1 Å². The van der Waals surface area contributed by atoms with Crippen molar-refractivity contribution in [3.63, 3.8) is 0 Å². The Labute approximate surface area is 179 Å². The molecular formula is C18H19F3N5O3PS. The third-order valence-corrected chi connectivity index (χ3v) is 6.80. The molecule has 0 amide bonds. The minimum Gasteiger partial charge on any atom is -0.404 e. The van der Waals surface area contributed by atoms with E-state index in [2.05, 4.69) is 29.3 Å². The fourth-order valence-electron chi connectivity index (χ4n) is 2.62. The molecule has 2 aromatic heterocycles. The van der Waals surface area contributed by atoms with Gasteiger partial charge in [0.2, 0.25) is 10.0 Å². The first-order chi connectivity index (χ1) is 14.5. The van der Waals surface area contributed by atoms with Gasteiger partial charge in [0.15, 0.2) is 0 Å². The lowest BCUT2D eigenvalue weighted by molar-refractivity contribution is -0.274. The van der Waals surface area contributed by atoms with Crippen molar-refractivity contribution in [3.05, 3.63) is 49.1 Å². The van der Waals surface area contributed by atoms with Gasteiger partial charge in [0, 0.05) is 37.8 Å². The maximum absolute atomic E-state index is 12.7. The summed E-state index contributed by atoms with van der Waals surface area (Å²) in [4.78, 5) is 8.27. The van der Waals surface area contributed by atoms with Crippen LogP contribution in [0.15, 0.2) is 53.9 Å². The van der Waals surface area contributed by atoms with E-state index in [0.29, 0.717) is 16.9 Å². The van der Waals surface area contributed by atoms with E-state index in [1.54, 1.807) is 30.2 Å². The molecule has 0 spiro atoms. The molecule has 0 fully saturated rings. The van der Waals surface area contributed by atoms with Crippen molar-refractivity contribution in [1.82, 2.24) is 18.8 Å². The summed E-state index contributed by atoms with van der Waals surface area (Å²) in [5.74, 6) is -0.214. The topological polar surface area (TPSA) is 89.4 Å². The second kappa shape index (κ2) is 8.81. The van der Waals surface area contributed by atoms with E-state index < -0.39 is 22.1 Å². The number of pyridine rings is 1. The molecule has 13 heteroatoms. The number of halogens is 3. The van der Waals surface area contributed by atoms with Gasteiger partial charge in [0.1, 0.15) is 11.6 Å². The van der Waals surface area contributed by atoms with Gasteiger partial charge in [-0.2, -0.15) is 4.31 Å². The van der Waals surface area contributed by atoms with Crippen molar-refractivity contribution in [2.24, 2.45) is 7.05 Å². The third kappa shape index (κ3) is 5.52. The van der Waals surface area contributed by atoms with E-state index in [0.717, 1.165) is 12.3 Å². The van der Waals surface area contributed by atoms with Gasteiger partial charge in [-0.15, -0.1) is 22.4 Å². The summed E-state index contributed by atoms with van der Waals surface area (Å²) >= 11 is 0. The molecule has 1 N–H and O–H groups in total. The Balaban J connectivity index is 1.98. The fourth-order valence-corrected chi connectivity index (χ4v) is 4.27. The largest absolute Gasteiger partial charge is 0.573 e. The van der Waals surface area contributed by atoms with E-state index in [1.807, 2.05) is 0 Å². The van der Waals surface area contributed by atoms with Crippen molar-refractivity contribution < 1.29 is 26.3 Å². The van der Waals surface area contributed by atoms with Gasteiger partial charge >= 0.3 is 6.36 Å². The number of nitrogens with one attached hydrogen (secondary N) is 1. The summed E-state index contributed by atoms with van der Waals surface area (Å²) in [6, 6.07) is 6.90. The number of anilines is 2. The zero-order chi connectivity index (χ0) is 22.8. The average Bonchev–Trinajstić information content (AvgIpc) is 3.14. The van der Waals surface area contributed by atoms with Crippen molar-refractivity contribution in [2.45, 2.75) is 11.3 Å². The quantitative estimate of drug-likeness (QED) is 0.528. The predicted octanol–water partition coefficient (Wildman–Crippen LogP) is 3.58. The van der Waals surface area contributed by atoms with Crippen LogP contribution in [0.3, 0.4) is 0 Å². The SMILES string of the molecule is CN(CP)S(=O)(=O)c1ccc(Nc2ccc(OC(F)(F)F)cn2)c(-c2cn(C)cn2)c1. The summed E-state index contributed by atoms with van der Waals surface area (Å²) in [7, 11) is 1.87. The number of hydrogen-bond acceptors (Lipinski definition) is 6. The number of sulfonamides is 1. The van der Waals surface area contributed by atoms with Crippen LogP contribution < -0.4 is 10.1 Å². The standard InChI is InChI=1S/C18H19F3N5O3PS/c1-25-9-16(23-10-25)14-7-13(31(27,28)26(2)11-30)4-5-15(14)24-17-6-3-12(8-22-17)29-18(19,20)21/h3-10H,11,30H2,1-2H3,(H,22,24). The van der Waals surface area contributed by atoms with Crippen LogP contribution in [0.2, 0.25) is 0 Å². The highest BCUT2D eigenvalue weighted by Gasteiger charge is 2.31. The van der Waals surface area contributed by atoms with Crippen molar-refractivity contribution in [1.29, 1.82) is 0 Å². The molecule has 0 aliphatic rings. The molecule has 0 aliphatic heterocycles. The maximum atomic E-state index is 12.7. The zero-order valence-corrected chi connectivity index (χ0v) is 18.4. The van der Waals surface area contributed by atoms with Crippen LogP contribution >= 0.6 is 9.24 Å². The number of aromatic nitrogens is 3. The fraction of sp³-hybridized carbons (Fsp3) is 0.222. The first-order valence-corrected chi connectivity index (χ1v) is 11.0.